The van der Waals surface area contributed by atoms with Crippen LogP contribution in [0.3, 0.4) is 0 Å². The van der Waals surface area contributed by atoms with E-state index in [0.717, 1.165) is 31.0 Å². The Hall–Kier alpha value is -1.36. The molecule has 1 aromatic heterocycles. The van der Waals surface area contributed by atoms with Crippen molar-refractivity contribution in [3.05, 3.63) is 18.0 Å². The van der Waals surface area contributed by atoms with E-state index in [2.05, 4.69) is 5.10 Å². The van der Waals surface area contributed by atoms with E-state index in [9.17, 15) is 4.79 Å². The molecule has 0 aromatic carbocycles. The molecule has 1 saturated carbocycles. The normalized spacial score (nSPS) is 26.9. The van der Waals surface area contributed by atoms with E-state index < -0.39 is 0 Å². The maximum atomic E-state index is 12.2. The third-order valence-electron chi connectivity index (χ3n) is 4.38. The fourth-order valence-corrected chi connectivity index (χ4v) is 3.09. The average molecular weight is 262 g/mol. The zero-order chi connectivity index (χ0) is 13.4. The van der Waals surface area contributed by atoms with Gasteiger partial charge in [0.15, 0.2) is 0 Å². The lowest BCUT2D eigenvalue weighted by Gasteiger charge is -2.15. The van der Waals surface area contributed by atoms with Gasteiger partial charge < -0.3 is 10.6 Å². The highest BCUT2D eigenvalue weighted by molar-refractivity contribution is 5.76. The minimum atomic E-state index is 0.190. The van der Waals surface area contributed by atoms with Gasteiger partial charge >= 0.3 is 0 Å². The van der Waals surface area contributed by atoms with Gasteiger partial charge in [0.1, 0.15) is 0 Å². The molecule has 0 radical (unpaired) electrons. The van der Waals surface area contributed by atoms with Crippen molar-refractivity contribution in [2.45, 2.75) is 31.7 Å². The molecule has 3 rings (SSSR count). The first-order valence-corrected chi connectivity index (χ1v) is 7.14. The lowest BCUT2D eigenvalue weighted by atomic mass is 9.99. The fourth-order valence-electron chi connectivity index (χ4n) is 3.09. The van der Waals surface area contributed by atoms with Crippen LogP contribution in [0.2, 0.25) is 0 Å². The van der Waals surface area contributed by atoms with Gasteiger partial charge in [-0.05, 0) is 36.7 Å². The van der Waals surface area contributed by atoms with Gasteiger partial charge in [0, 0.05) is 38.8 Å². The van der Waals surface area contributed by atoms with E-state index >= 15 is 0 Å². The van der Waals surface area contributed by atoms with Crippen LogP contribution in [0.15, 0.2) is 12.4 Å². The summed E-state index contributed by atoms with van der Waals surface area (Å²) in [6.07, 6.45) is 7.74. The Balaban J connectivity index is 1.50. The molecule has 19 heavy (non-hydrogen) atoms. The van der Waals surface area contributed by atoms with E-state index in [1.807, 2.05) is 24.3 Å². The first-order valence-electron chi connectivity index (χ1n) is 7.14. The minimum absolute atomic E-state index is 0.190. The van der Waals surface area contributed by atoms with Crippen molar-refractivity contribution >= 4 is 5.91 Å². The average Bonchev–Trinajstić information content (AvgIpc) is 3.03. The highest BCUT2D eigenvalue weighted by Gasteiger charge is 2.41. The summed E-state index contributed by atoms with van der Waals surface area (Å²) in [6.45, 7) is 1.62. The molecule has 1 aromatic rings. The van der Waals surface area contributed by atoms with Crippen LogP contribution in [0.1, 0.15) is 24.8 Å². The smallest absolute Gasteiger partial charge is 0.222 e. The number of hydrogen-bond donors (Lipinski definition) is 1. The second-order valence-corrected chi connectivity index (χ2v) is 5.99. The first kappa shape index (κ1) is 12.7. The maximum absolute atomic E-state index is 12.2. The fraction of sp³-hybridized carbons (Fsp3) is 0.714. The summed E-state index contributed by atoms with van der Waals surface area (Å²) < 4.78 is 1.77. The topological polar surface area (TPSA) is 64.2 Å². The van der Waals surface area contributed by atoms with Crippen molar-refractivity contribution in [2.24, 2.45) is 24.6 Å². The molecule has 1 aliphatic carbocycles. The molecular formula is C14H22N4O. The van der Waals surface area contributed by atoms with E-state index in [4.69, 9.17) is 5.73 Å². The van der Waals surface area contributed by atoms with E-state index in [0.29, 0.717) is 12.3 Å². The van der Waals surface area contributed by atoms with E-state index in [1.54, 1.807) is 4.68 Å². The predicted molar refractivity (Wildman–Crippen MR) is 72.3 cm³/mol. The summed E-state index contributed by atoms with van der Waals surface area (Å²) in [5.41, 5.74) is 7.27. The molecular weight excluding hydrogens is 240 g/mol. The summed E-state index contributed by atoms with van der Waals surface area (Å²) in [4.78, 5) is 14.2. The summed E-state index contributed by atoms with van der Waals surface area (Å²) in [6, 6.07) is 0.190. The van der Waals surface area contributed by atoms with Gasteiger partial charge in [-0.1, -0.05) is 0 Å². The van der Waals surface area contributed by atoms with Crippen molar-refractivity contribution < 1.29 is 4.79 Å². The van der Waals surface area contributed by atoms with Crippen LogP contribution in [0.4, 0.5) is 0 Å². The largest absolute Gasteiger partial charge is 0.341 e. The van der Waals surface area contributed by atoms with Gasteiger partial charge in [-0.2, -0.15) is 5.10 Å². The molecule has 2 heterocycles. The van der Waals surface area contributed by atoms with E-state index in [1.165, 1.54) is 12.8 Å². The Labute approximate surface area is 113 Å². The maximum Gasteiger partial charge on any atom is 0.222 e. The Bertz CT molecular complexity index is 466. The molecule has 5 heteroatoms. The third-order valence-corrected chi connectivity index (χ3v) is 4.38. The molecule has 0 bridgehead atoms. The Morgan fingerprint density at radius 1 is 1.47 bits per heavy atom. The van der Waals surface area contributed by atoms with Crippen LogP contribution in [-0.4, -0.2) is 39.7 Å². The summed E-state index contributed by atoms with van der Waals surface area (Å²) >= 11 is 0. The summed E-state index contributed by atoms with van der Waals surface area (Å²) in [7, 11) is 1.89. The molecule has 1 amide bonds. The molecule has 104 valence electrons. The van der Waals surface area contributed by atoms with Crippen LogP contribution in [0.5, 0.6) is 0 Å². The van der Waals surface area contributed by atoms with Crippen molar-refractivity contribution in [2.75, 3.05) is 13.1 Å². The second kappa shape index (κ2) is 4.96. The summed E-state index contributed by atoms with van der Waals surface area (Å²) in [5, 5.41) is 4.12. The van der Waals surface area contributed by atoms with Crippen LogP contribution < -0.4 is 5.73 Å². The zero-order valence-electron chi connectivity index (χ0n) is 11.5. The lowest BCUT2D eigenvalue weighted by molar-refractivity contribution is -0.130. The number of aryl methyl sites for hydroxylation is 2. The van der Waals surface area contributed by atoms with Gasteiger partial charge in [0.25, 0.3) is 0 Å². The number of carbonyl (C=O) groups excluding carboxylic acids is 1. The Morgan fingerprint density at radius 3 is 2.89 bits per heavy atom. The molecule has 5 nitrogen and oxygen atoms in total. The third kappa shape index (κ3) is 2.81. The number of hydrogen-bond acceptors (Lipinski definition) is 3. The monoisotopic (exact) mass is 262 g/mol. The SMILES string of the molecule is Cn1cc(CCC(=O)N2CC(N)C(C3CC3)C2)cn1. The quantitative estimate of drug-likeness (QED) is 0.862. The van der Waals surface area contributed by atoms with Crippen molar-refractivity contribution in [3.8, 4) is 0 Å². The van der Waals surface area contributed by atoms with Crippen LogP contribution in [0, 0.1) is 11.8 Å². The molecule has 2 fully saturated rings. The Morgan fingerprint density at radius 2 is 2.26 bits per heavy atom. The molecule has 2 atom stereocenters. The highest BCUT2D eigenvalue weighted by atomic mass is 16.2. The molecule has 2 N–H and O–H groups in total. The molecule has 0 spiro atoms. The summed E-state index contributed by atoms with van der Waals surface area (Å²) in [5.74, 6) is 1.57. The number of aromatic nitrogens is 2. The Kier molecular flexibility index (Phi) is 3.31. The number of amides is 1. The van der Waals surface area contributed by atoms with Crippen LogP contribution in [-0.2, 0) is 18.3 Å². The van der Waals surface area contributed by atoms with Gasteiger partial charge in [0.05, 0.1) is 6.20 Å². The van der Waals surface area contributed by atoms with Crippen LogP contribution in [0.25, 0.3) is 0 Å². The number of nitrogens with zero attached hydrogens (tertiary/aromatic N) is 3. The lowest BCUT2D eigenvalue weighted by Crippen LogP contribution is -2.32. The first-order chi connectivity index (χ1) is 9.13. The minimum Gasteiger partial charge on any atom is -0.341 e. The predicted octanol–water partition coefficient (Wildman–Crippen LogP) is 0.548. The zero-order valence-corrected chi connectivity index (χ0v) is 11.5. The highest BCUT2D eigenvalue weighted by Crippen LogP contribution is 2.40. The standard InChI is InChI=1S/C14H22N4O/c1-17-7-10(6-16-17)2-5-14(19)18-8-12(11-3-4-11)13(15)9-18/h6-7,11-13H,2-5,8-9,15H2,1H3. The van der Waals surface area contributed by atoms with Crippen molar-refractivity contribution in [3.63, 3.8) is 0 Å². The molecule has 2 aliphatic rings. The number of nitrogens with two attached hydrogens (primary N) is 1. The number of carbonyl (C=O) groups is 1. The van der Waals surface area contributed by atoms with Crippen molar-refractivity contribution in [1.29, 1.82) is 0 Å². The molecule has 1 saturated heterocycles. The van der Waals surface area contributed by atoms with Crippen molar-refractivity contribution in [1.82, 2.24) is 14.7 Å². The van der Waals surface area contributed by atoms with Gasteiger partial charge in [-0.25, -0.2) is 0 Å². The van der Waals surface area contributed by atoms with Gasteiger partial charge in [0.2, 0.25) is 5.91 Å². The second-order valence-electron chi connectivity index (χ2n) is 5.99. The van der Waals surface area contributed by atoms with E-state index in [-0.39, 0.29) is 11.9 Å². The number of likely N-dealkylation sites (tertiary alicyclic amines) is 1. The van der Waals surface area contributed by atoms with Gasteiger partial charge in [-0.3, -0.25) is 9.48 Å². The number of rotatable bonds is 4. The molecule has 1 aliphatic heterocycles. The molecule has 2 unspecified atom stereocenters. The van der Waals surface area contributed by atoms with Crippen LogP contribution >= 0.6 is 0 Å². The van der Waals surface area contributed by atoms with Gasteiger partial charge in [-0.15, -0.1) is 0 Å².